The van der Waals surface area contributed by atoms with Gasteiger partial charge in [-0.05, 0) is 233 Å². The number of nitrogen functional groups attached to an aromatic ring is 3. The van der Waals surface area contributed by atoms with Gasteiger partial charge in [0.25, 0.3) is 0 Å². The fraction of sp³-hybridized carbons (Fsp3) is 0.510. The van der Waals surface area contributed by atoms with E-state index in [1.54, 1.807) is 132 Å². The molecule has 802 valence electrons. The van der Waals surface area contributed by atoms with Gasteiger partial charge >= 0.3 is 0 Å². The highest BCUT2D eigenvalue weighted by atomic mass is 80.9. The number of nitrogens with two attached hydrogens (primary N) is 6. The van der Waals surface area contributed by atoms with E-state index in [0.717, 1.165) is 219 Å². The topological polar surface area (TPSA) is 513 Å². The molecule has 18 N–H and O–H groups in total. The highest BCUT2D eigenvalue weighted by Crippen LogP contribution is 2.45. The number of halogens is 10. The predicted molar refractivity (Wildman–Crippen MR) is 628 cm³/mol. The van der Waals surface area contributed by atoms with Crippen LogP contribution in [0.25, 0.3) is 22.8 Å². The molecule has 2 unspecified atom stereocenters. The number of fused-ring (bicyclic) bond motifs is 8. The Morgan fingerprint density at radius 3 is 1.14 bits per heavy atom. The average molecular weight is 2630 g/mol. The summed E-state index contributed by atoms with van der Waals surface area (Å²) in [6.45, 7) is 16.9. The number of thiocarbonyl (C=S) groups is 2. The van der Waals surface area contributed by atoms with Crippen LogP contribution in [-0.4, -0.2) is 159 Å². The maximum Gasteiger partial charge on any atom is 0.231 e. The molecule has 3 aromatic carbocycles. The van der Waals surface area contributed by atoms with Crippen molar-refractivity contribution < 1.29 is 72.3 Å². The molecule has 31 nitrogen and oxygen atoms in total. The van der Waals surface area contributed by atoms with Crippen molar-refractivity contribution in [1.29, 1.82) is 0 Å². The van der Waals surface area contributed by atoms with Crippen LogP contribution in [0, 0.1) is 10.8 Å². The van der Waals surface area contributed by atoms with Crippen LogP contribution in [0.5, 0.6) is 17.2 Å². The Balaban J connectivity index is 0.000000424. The Hall–Kier alpha value is -6.03. The number of nitrogens with one attached hydrogen (secondary N) is 4. The summed E-state index contributed by atoms with van der Waals surface area (Å²) in [6.07, 6.45) is 28.5. The van der Waals surface area contributed by atoms with Crippen LogP contribution in [0.3, 0.4) is 0 Å². The van der Waals surface area contributed by atoms with Crippen LogP contribution >= 0.6 is 227 Å². The first kappa shape index (κ1) is 133. The summed E-state index contributed by atoms with van der Waals surface area (Å²) in [5.74, 6) is 1.99. The van der Waals surface area contributed by atoms with Crippen LogP contribution in [-0.2, 0) is 76.8 Å². The third-order valence-electron chi connectivity index (χ3n) is 20.5. The standard InChI is InChI=1S/C21H23ClN4O2S2.C16H15ClN4OS2.C8H9BrN2OS.C8H9ClN2OS.C8H10N2OS.C7H9BrO2.C7H10O2.C7H12O.C5H9ClO.C4H8O.2C2H6O.CH4N2S.2Br2/c1-21(2,3)18(27)26-20-25-17-15(30-20)7-5-6-14-16(17)24-19(29-14)23-12-10-11(22)8-9-13(12)28-4;1-22-10-6-5-8(17)7-9(10)19-16-21-14-12(24-16)4-2-3-11-13(14)20-15(18)23-11;9-4-2-1-3-5-6(7(4)12)11-8(10)13-5;1-12-7-3-2-5(9)4-6(7)11-8(10)13;9-8-10-7-5(11)3-1-2-4-6(7)12-8;8-5-3-1-2-4-6(9)7(5)10;8-6-4-2-1-3-5-7(6)9;8-7-5-3-1-2-4-6-7;1-5(2,3)4(6)7;1-2-4-5-3-1;2*1-2-3;2-1(3)4;2*1-2/h8-10H,5-7H2,1-4H3,(H,23,24)(H,25,26,27);5-7H,2-4H2,1H3,(H2,18,20)(H,19,21);4H,1-3H2,(H2,10,11);2-4H,1H3,(H3,10,11,13);1-4H2,(H2,9,10);5H,1-4H2;1-5H2;1-6H2;1-3H3;1-4H2;2*3H,2H2,1H3;(H4,2,3,4);;. The molecule has 145 heavy (non-hydrogen) atoms. The van der Waals surface area contributed by atoms with Crippen molar-refractivity contribution in [2.45, 2.75) is 258 Å². The lowest BCUT2D eigenvalue weighted by Crippen LogP contribution is -2.27. The van der Waals surface area contributed by atoms with Gasteiger partial charge in [0.1, 0.15) is 57.2 Å². The zero-order chi connectivity index (χ0) is 109. The third kappa shape index (κ3) is 50.4. The number of aliphatic hydroxyl groups excluding tert-OH is 2. The van der Waals surface area contributed by atoms with Gasteiger partial charge in [0.05, 0.1) is 48.0 Å². The number of carbonyl (C=O) groups is 9. The lowest BCUT2D eigenvalue weighted by atomic mass is 9.96. The molecular formula is C96H130Br6Cl4N16O15S8. The van der Waals surface area contributed by atoms with E-state index in [0.29, 0.717) is 95.6 Å². The minimum absolute atomic E-state index is 0.000000000000000222. The zero-order valence-corrected chi connectivity index (χ0v) is 102. The SMILES string of the molecule is BrBr.BrBr.C1CCOC1.CC(C)(C)C(=O)Cl.CCO.CCO.COc1ccc(Cl)cc1NC(N)=S.COc1ccc(Cl)cc1Nc1nc2c(s1)CCCc1sc(N)nc1-2.COc1ccc(Cl)cc1Nc1nc2c(s1)CCCc1sc(NC(=O)C(C)(C)C)nc1-2.NC(N)=S.Nc1nc2c(s1)CCCC(Br)C2=O.Nc1nc2c(s1)CCCCC2=O.O=C1CCCCC(Br)C1=O.O=C1CCCCCC1.O=C1CCCCCC1=O. The monoisotopic (exact) mass is 2620 g/mol. The summed E-state index contributed by atoms with van der Waals surface area (Å²) < 4.78 is 20.8. The van der Waals surface area contributed by atoms with Gasteiger partial charge in [-0.3, -0.25) is 43.2 Å². The quantitative estimate of drug-likeness (QED) is 0.0159. The van der Waals surface area contributed by atoms with Crippen molar-refractivity contribution >= 4 is 337 Å². The van der Waals surface area contributed by atoms with Crippen LogP contribution < -0.4 is 69.9 Å². The first-order valence-corrected chi connectivity index (χ1v) is 62.9. The molecule has 7 aliphatic carbocycles. The molecular weight excluding hydrogens is 2490 g/mol. The lowest BCUT2D eigenvalue weighted by Gasteiger charge is -2.15. The number of anilines is 9. The van der Waals surface area contributed by atoms with Crippen LogP contribution in [0.4, 0.5) is 47.9 Å². The van der Waals surface area contributed by atoms with E-state index in [-0.39, 0.29) is 84.4 Å². The number of aryl methyl sites for hydroxylation is 6. The van der Waals surface area contributed by atoms with Crippen LogP contribution in [0.15, 0.2) is 54.6 Å². The number of nitrogens with zero attached hydrogens (tertiary/aromatic N) is 6. The number of hydrogen-bond donors (Lipinski definition) is 12. The number of Topliss-reactive ketones (excluding diaryl/α,β-unsaturated/α-hetero) is 7. The van der Waals surface area contributed by atoms with Crippen molar-refractivity contribution in [3.05, 3.63) is 110 Å². The average Bonchev–Trinajstić information content (AvgIpc) is 1.63. The van der Waals surface area contributed by atoms with Gasteiger partial charge in [0, 0.05) is 177 Å². The van der Waals surface area contributed by atoms with Crippen molar-refractivity contribution in [3.63, 3.8) is 0 Å². The molecule has 9 aromatic rings. The number of aliphatic hydroxyl groups is 2. The molecule has 2 atom stereocenters. The summed E-state index contributed by atoms with van der Waals surface area (Å²) in [5, 5.41) is 33.1. The van der Waals surface area contributed by atoms with Gasteiger partial charge in [-0.2, -0.15) is 0 Å². The highest BCUT2D eigenvalue weighted by Gasteiger charge is 2.32. The molecule has 17 rings (SSSR count). The molecule has 1 aliphatic heterocycles. The van der Waals surface area contributed by atoms with Gasteiger partial charge in [-0.1, -0.05) is 134 Å². The Bertz CT molecular complexity index is 5560. The van der Waals surface area contributed by atoms with E-state index in [2.05, 4.69) is 148 Å². The number of alkyl halides is 2. The maximum atomic E-state index is 12.4. The van der Waals surface area contributed by atoms with Crippen molar-refractivity contribution in [1.82, 2.24) is 29.9 Å². The number of ketones is 7. The Kier molecular flexibility index (Phi) is 66.5. The number of carbonyl (C=O) groups excluding carboxylic acids is 9. The molecule has 0 spiro atoms. The van der Waals surface area contributed by atoms with E-state index in [4.69, 9.17) is 126 Å². The summed E-state index contributed by atoms with van der Waals surface area (Å²) in [6, 6.07) is 16.1. The summed E-state index contributed by atoms with van der Waals surface area (Å²) in [5.41, 5.74) is 37.8. The molecule has 3 saturated carbocycles. The number of hydrogen-bond acceptors (Lipinski definition) is 34. The van der Waals surface area contributed by atoms with Crippen molar-refractivity contribution in [2.75, 3.05) is 86.2 Å². The van der Waals surface area contributed by atoms with Crippen molar-refractivity contribution in [2.24, 2.45) is 28.0 Å². The van der Waals surface area contributed by atoms with E-state index in [9.17, 15) is 43.2 Å². The second kappa shape index (κ2) is 72.5. The minimum Gasteiger partial charge on any atom is -0.495 e. The summed E-state index contributed by atoms with van der Waals surface area (Å²) in [4.78, 5) is 133. The predicted octanol–water partition coefficient (Wildman–Crippen LogP) is 26.2. The number of ether oxygens (including phenoxy) is 4. The Morgan fingerprint density at radius 2 is 0.731 bits per heavy atom. The maximum absolute atomic E-state index is 12.4. The first-order chi connectivity index (χ1) is 68.9. The highest BCUT2D eigenvalue weighted by molar-refractivity contribution is 9.93. The first-order valence-electron chi connectivity index (χ1n) is 46.4. The third-order valence-corrected chi connectivity index (χ3v) is 29.5. The van der Waals surface area contributed by atoms with Crippen LogP contribution in [0.1, 0.15) is 260 Å². The van der Waals surface area contributed by atoms with E-state index < -0.39 is 5.41 Å². The fourth-order valence-electron chi connectivity index (χ4n) is 13.4. The fourth-order valence-corrected chi connectivity index (χ4v) is 20.8. The van der Waals surface area contributed by atoms with Gasteiger partial charge in [-0.25, -0.2) is 29.9 Å². The van der Waals surface area contributed by atoms with E-state index in [1.165, 1.54) is 63.0 Å². The molecule has 4 fully saturated rings. The number of amides is 1. The van der Waals surface area contributed by atoms with E-state index in [1.807, 2.05) is 45.0 Å². The van der Waals surface area contributed by atoms with Gasteiger partial charge < -0.3 is 84.8 Å². The van der Waals surface area contributed by atoms with Crippen molar-refractivity contribution in [3.8, 4) is 40.0 Å². The lowest BCUT2D eigenvalue weighted by molar-refractivity contribution is -0.136. The number of benzene rings is 3. The molecule has 7 heterocycles. The molecule has 6 aromatic heterocycles. The number of rotatable bonds is 9. The largest absolute Gasteiger partial charge is 0.495 e. The molecule has 8 aliphatic rings. The van der Waals surface area contributed by atoms with Gasteiger partial charge in [0.2, 0.25) is 16.9 Å². The Labute approximate surface area is 951 Å². The normalized spacial score (nSPS) is 15.6. The molecule has 49 heteroatoms. The van der Waals surface area contributed by atoms with Gasteiger partial charge in [-0.15, -0.1) is 68.0 Å². The molecule has 0 bridgehead atoms. The van der Waals surface area contributed by atoms with Gasteiger partial charge in [0.15, 0.2) is 69.9 Å². The number of aromatic nitrogens is 6. The Morgan fingerprint density at radius 1 is 0.421 bits per heavy atom. The molecule has 1 saturated heterocycles. The van der Waals surface area contributed by atoms with Crippen LogP contribution in [0.2, 0.25) is 15.1 Å². The number of thiazole rings is 6. The summed E-state index contributed by atoms with van der Waals surface area (Å²) >= 11 is 58.7. The smallest absolute Gasteiger partial charge is 0.231 e. The second-order valence-electron chi connectivity index (χ2n) is 34.1. The number of methoxy groups -OCH3 is 3. The van der Waals surface area contributed by atoms with E-state index >= 15 is 0 Å². The molecule has 0 radical (unpaired) electrons. The zero-order valence-electron chi connectivity index (χ0n) is 82.8. The molecule has 1 amide bonds. The second-order valence-corrected chi connectivity index (χ2v) is 45.5. The summed E-state index contributed by atoms with van der Waals surface area (Å²) in [7, 11) is 4.82. The minimum atomic E-state index is -0.470.